The molecule has 0 aromatic heterocycles. The van der Waals surface area contributed by atoms with Crippen LogP contribution in [0.2, 0.25) is 0 Å². The van der Waals surface area contributed by atoms with E-state index in [4.69, 9.17) is 10.5 Å². The highest BCUT2D eigenvalue weighted by atomic mass is 16.5. The van der Waals surface area contributed by atoms with Gasteiger partial charge in [0.2, 0.25) is 5.91 Å². The van der Waals surface area contributed by atoms with E-state index in [2.05, 4.69) is 25.2 Å². The van der Waals surface area contributed by atoms with E-state index >= 15 is 0 Å². The number of hydrogen-bond acceptors (Lipinski definition) is 3. The maximum atomic E-state index is 12.7. The van der Waals surface area contributed by atoms with E-state index < -0.39 is 0 Å². The van der Waals surface area contributed by atoms with Crippen LogP contribution in [0, 0.1) is 5.92 Å². The van der Waals surface area contributed by atoms with E-state index in [0.29, 0.717) is 12.5 Å². The summed E-state index contributed by atoms with van der Waals surface area (Å²) in [4.78, 5) is 12.7. The molecule has 0 aliphatic rings. The number of ether oxygens (including phenoxy) is 1. The third-order valence-corrected chi connectivity index (χ3v) is 4.70. The molecule has 0 fully saturated rings. The smallest absolute Gasteiger partial charge is 0.227 e. The van der Waals surface area contributed by atoms with E-state index in [9.17, 15) is 4.79 Å². The number of carbonyl (C=O) groups excluding carboxylic acids is 1. The minimum atomic E-state index is -0.371. The maximum absolute atomic E-state index is 12.7. The zero-order valence-corrected chi connectivity index (χ0v) is 15.9. The molecule has 0 bridgehead atoms. The van der Waals surface area contributed by atoms with E-state index in [1.54, 1.807) is 7.11 Å². The van der Waals surface area contributed by atoms with Crippen LogP contribution in [0.1, 0.15) is 45.6 Å². The Kier molecular flexibility index (Phi) is 6.07. The highest BCUT2D eigenvalue weighted by Gasteiger charge is 2.28. The molecule has 2 aromatic carbocycles. The average molecular weight is 342 g/mol. The summed E-state index contributed by atoms with van der Waals surface area (Å²) in [6, 6.07) is 12.1. The number of fused-ring (bicyclic) bond motifs is 1. The van der Waals surface area contributed by atoms with Crippen LogP contribution in [0.25, 0.3) is 10.8 Å². The van der Waals surface area contributed by atoms with Gasteiger partial charge in [-0.15, -0.1) is 0 Å². The van der Waals surface area contributed by atoms with Crippen molar-refractivity contribution in [2.75, 3.05) is 13.7 Å². The second kappa shape index (κ2) is 7.87. The largest absolute Gasteiger partial charge is 0.497 e. The fraction of sp³-hybridized carbons (Fsp3) is 0.476. The highest BCUT2D eigenvalue weighted by Crippen LogP contribution is 2.26. The number of amides is 1. The summed E-state index contributed by atoms with van der Waals surface area (Å²) in [5, 5.41) is 5.35. The van der Waals surface area contributed by atoms with Gasteiger partial charge in [0.15, 0.2) is 0 Å². The van der Waals surface area contributed by atoms with E-state index in [1.165, 1.54) is 0 Å². The SMILES string of the molecule is COc1ccc2cc(C(C)C(=O)NC(C)(CN)CC(C)C)ccc2c1. The van der Waals surface area contributed by atoms with Gasteiger partial charge < -0.3 is 15.8 Å². The first-order valence-corrected chi connectivity index (χ1v) is 8.88. The Labute approximate surface area is 150 Å². The van der Waals surface area contributed by atoms with Gasteiger partial charge in [-0.05, 0) is 54.7 Å². The number of methoxy groups -OCH3 is 1. The molecule has 4 nitrogen and oxygen atoms in total. The molecule has 25 heavy (non-hydrogen) atoms. The lowest BCUT2D eigenvalue weighted by Gasteiger charge is -2.32. The van der Waals surface area contributed by atoms with Gasteiger partial charge in [-0.25, -0.2) is 0 Å². The lowest BCUT2D eigenvalue weighted by atomic mass is 9.89. The zero-order valence-electron chi connectivity index (χ0n) is 15.9. The van der Waals surface area contributed by atoms with E-state index in [-0.39, 0.29) is 17.4 Å². The second-order valence-electron chi connectivity index (χ2n) is 7.55. The van der Waals surface area contributed by atoms with Crippen molar-refractivity contribution < 1.29 is 9.53 Å². The lowest BCUT2D eigenvalue weighted by Crippen LogP contribution is -2.53. The molecule has 2 unspecified atom stereocenters. The topological polar surface area (TPSA) is 64.3 Å². The summed E-state index contributed by atoms with van der Waals surface area (Å²) in [6.45, 7) is 8.67. The number of rotatable bonds is 7. The molecule has 0 saturated heterocycles. The van der Waals surface area contributed by atoms with Crippen molar-refractivity contribution in [2.45, 2.75) is 45.6 Å². The van der Waals surface area contributed by atoms with Gasteiger partial charge in [-0.1, -0.05) is 38.1 Å². The Hall–Kier alpha value is -2.07. The number of carbonyl (C=O) groups is 1. The third-order valence-electron chi connectivity index (χ3n) is 4.70. The molecular formula is C21H30N2O2. The first-order valence-electron chi connectivity index (χ1n) is 8.88. The molecule has 3 N–H and O–H groups in total. The number of benzene rings is 2. The molecule has 0 heterocycles. The molecule has 1 amide bonds. The van der Waals surface area contributed by atoms with Gasteiger partial charge in [0, 0.05) is 12.1 Å². The lowest BCUT2D eigenvalue weighted by molar-refractivity contribution is -0.124. The fourth-order valence-electron chi connectivity index (χ4n) is 3.28. The molecular weight excluding hydrogens is 312 g/mol. The molecule has 0 saturated carbocycles. The fourth-order valence-corrected chi connectivity index (χ4v) is 3.28. The van der Waals surface area contributed by atoms with Crippen molar-refractivity contribution in [3.8, 4) is 5.75 Å². The number of nitrogens with two attached hydrogens (primary N) is 1. The van der Waals surface area contributed by atoms with Gasteiger partial charge in [-0.3, -0.25) is 4.79 Å². The highest BCUT2D eigenvalue weighted by molar-refractivity contribution is 5.88. The normalized spacial score (nSPS) is 15.0. The molecule has 2 atom stereocenters. The first kappa shape index (κ1) is 19.3. The number of nitrogens with one attached hydrogen (secondary N) is 1. The Morgan fingerprint density at radius 2 is 1.80 bits per heavy atom. The molecule has 2 rings (SSSR count). The Morgan fingerprint density at radius 1 is 1.16 bits per heavy atom. The van der Waals surface area contributed by atoms with Crippen molar-refractivity contribution in [3.63, 3.8) is 0 Å². The maximum Gasteiger partial charge on any atom is 0.227 e. The molecule has 2 aromatic rings. The van der Waals surface area contributed by atoms with Gasteiger partial charge in [0.05, 0.1) is 13.0 Å². The molecule has 136 valence electrons. The first-order chi connectivity index (χ1) is 11.8. The summed E-state index contributed by atoms with van der Waals surface area (Å²) >= 11 is 0. The van der Waals surface area contributed by atoms with Gasteiger partial charge >= 0.3 is 0 Å². The van der Waals surface area contributed by atoms with Crippen LogP contribution in [0.5, 0.6) is 5.75 Å². The van der Waals surface area contributed by atoms with Crippen LogP contribution >= 0.6 is 0 Å². The van der Waals surface area contributed by atoms with Crippen LogP contribution in [0.3, 0.4) is 0 Å². The van der Waals surface area contributed by atoms with Crippen LogP contribution in [-0.4, -0.2) is 25.1 Å². The summed E-state index contributed by atoms with van der Waals surface area (Å²) < 4.78 is 5.26. The predicted molar refractivity (Wildman–Crippen MR) is 104 cm³/mol. The predicted octanol–water partition coefficient (Wildman–Crippen LogP) is 3.83. The van der Waals surface area contributed by atoms with Crippen molar-refractivity contribution in [1.82, 2.24) is 5.32 Å². The van der Waals surface area contributed by atoms with E-state index in [0.717, 1.165) is 28.5 Å². The summed E-state index contributed by atoms with van der Waals surface area (Å²) in [5.74, 6) is 1.09. The van der Waals surface area contributed by atoms with Gasteiger partial charge in [-0.2, -0.15) is 0 Å². The summed E-state index contributed by atoms with van der Waals surface area (Å²) in [5.41, 5.74) is 6.55. The van der Waals surface area contributed by atoms with Crippen LogP contribution < -0.4 is 15.8 Å². The van der Waals surface area contributed by atoms with Gasteiger partial charge in [0.25, 0.3) is 0 Å². The Bertz CT molecular complexity index is 742. The molecule has 0 spiro atoms. The van der Waals surface area contributed by atoms with Crippen molar-refractivity contribution >= 4 is 16.7 Å². The monoisotopic (exact) mass is 342 g/mol. The minimum Gasteiger partial charge on any atom is -0.497 e. The van der Waals surface area contributed by atoms with Crippen LogP contribution in [-0.2, 0) is 4.79 Å². The van der Waals surface area contributed by atoms with Crippen LogP contribution in [0.4, 0.5) is 0 Å². The summed E-state index contributed by atoms with van der Waals surface area (Å²) in [7, 11) is 1.66. The quantitative estimate of drug-likeness (QED) is 0.804. The molecule has 0 radical (unpaired) electrons. The number of hydrogen-bond donors (Lipinski definition) is 2. The zero-order chi connectivity index (χ0) is 18.6. The van der Waals surface area contributed by atoms with Crippen molar-refractivity contribution in [1.29, 1.82) is 0 Å². The van der Waals surface area contributed by atoms with Crippen LogP contribution in [0.15, 0.2) is 36.4 Å². The minimum absolute atomic E-state index is 0.0152. The average Bonchev–Trinajstić information content (AvgIpc) is 2.59. The molecule has 4 heteroatoms. The second-order valence-corrected chi connectivity index (χ2v) is 7.55. The molecule has 0 aliphatic carbocycles. The Balaban J connectivity index is 2.19. The third kappa shape index (κ3) is 4.73. The van der Waals surface area contributed by atoms with Gasteiger partial charge in [0.1, 0.15) is 5.75 Å². The molecule has 0 aliphatic heterocycles. The van der Waals surface area contributed by atoms with Crippen molar-refractivity contribution in [2.24, 2.45) is 11.7 Å². The Morgan fingerprint density at radius 3 is 2.40 bits per heavy atom. The van der Waals surface area contributed by atoms with Crippen molar-refractivity contribution in [3.05, 3.63) is 42.0 Å². The van der Waals surface area contributed by atoms with E-state index in [1.807, 2.05) is 44.2 Å². The summed E-state index contributed by atoms with van der Waals surface area (Å²) in [6.07, 6.45) is 0.861. The standard InChI is InChI=1S/C21H30N2O2/c1-14(2)12-21(4,13-22)23-20(24)15(3)16-6-7-18-11-19(25-5)9-8-17(18)10-16/h6-11,14-15H,12-13,22H2,1-5H3,(H,23,24).